The molecule has 0 spiro atoms. The SMILES string of the molecule is COC/C(C)=N/n1cccc1. The molecule has 0 aliphatic carbocycles. The molecular formula is C8H12N2O. The molecule has 3 heteroatoms. The molecule has 0 saturated carbocycles. The van der Waals surface area contributed by atoms with Gasteiger partial charge in [0.2, 0.25) is 0 Å². The van der Waals surface area contributed by atoms with Gasteiger partial charge in [-0.3, -0.25) is 0 Å². The highest BCUT2D eigenvalue weighted by Crippen LogP contribution is 1.89. The number of rotatable bonds is 3. The Hall–Kier alpha value is -1.09. The zero-order valence-electron chi connectivity index (χ0n) is 6.82. The summed E-state index contributed by atoms with van der Waals surface area (Å²) < 4.78 is 6.67. The Morgan fingerprint density at radius 2 is 2.09 bits per heavy atom. The van der Waals surface area contributed by atoms with Crippen LogP contribution in [0.15, 0.2) is 29.6 Å². The van der Waals surface area contributed by atoms with Gasteiger partial charge in [-0.2, -0.15) is 5.10 Å². The van der Waals surface area contributed by atoms with Crippen LogP contribution in [0, 0.1) is 0 Å². The van der Waals surface area contributed by atoms with Crippen molar-refractivity contribution < 1.29 is 4.74 Å². The minimum atomic E-state index is 0.582. The van der Waals surface area contributed by atoms with E-state index in [1.807, 2.05) is 31.5 Å². The van der Waals surface area contributed by atoms with Gasteiger partial charge in [-0.15, -0.1) is 0 Å². The Labute approximate surface area is 66.3 Å². The largest absolute Gasteiger partial charge is 0.379 e. The van der Waals surface area contributed by atoms with E-state index in [9.17, 15) is 0 Å². The van der Waals surface area contributed by atoms with Crippen LogP contribution in [-0.2, 0) is 4.74 Å². The molecule has 0 unspecified atom stereocenters. The lowest BCUT2D eigenvalue weighted by molar-refractivity contribution is 0.244. The van der Waals surface area contributed by atoms with Crippen molar-refractivity contribution >= 4 is 5.71 Å². The fourth-order valence-electron chi connectivity index (χ4n) is 0.827. The van der Waals surface area contributed by atoms with Crippen molar-refractivity contribution in [1.29, 1.82) is 0 Å². The van der Waals surface area contributed by atoms with E-state index < -0.39 is 0 Å². The Kier molecular flexibility index (Phi) is 2.86. The van der Waals surface area contributed by atoms with Crippen LogP contribution >= 0.6 is 0 Å². The zero-order valence-corrected chi connectivity index (χ0v) is 6.82. The van der Waals surface area contributed by atoms with Crippen LogP contribution in [-0.4, -0.2) is 24.1 Å². The van der Waals surface area contributed by atoms with Crippen molar-refractivity contribution in [2.75, 3.05) is 13.7 Å². The van der Waals surface area contributed by atoms with Crippen LogP contribution in [0.4, 0.5) is 0 Å². The molecule has 0 bridgehead atoms. The van der Waals surface area contributed by atoms with Gasteiger partial charge in [-0.1, -0.05) is 0 Å². The highest BCUT2D eigenvalue weighted by molar-refractivity contribution is 5.82. The smallest absolute Gasteiger partial charge is 0.0859 e. The van der Waals surface area contributed by atoms with Crippen LogP contribution in [0.3, 0.4) is 0 Å². The second-order valence-corrected chi connectivity index (χ2v) is 2.33. The standard InChI is InChI=1S/C8H12N2O/c1-8(7-11-2)9-10-5-3-4-6-10/h3-6H,7H2,1-2H3/b9-8+. The van der Waals surface area contributed by atoms with Crippen LogP contribution < -0.4 is 0 Å². The summed E-state index contributed by atoms with van der Waals surface area (Å²) in [5.41, 5.74) is 0.962. The van der Waals surface area contributed by atoms with Crippen molar-refractivity contribution in [3.05, 3.63) is 24.5 Å². The molecule has 0 aromatic carbocycles. The van der Waals surface area contributed by atoms with Crippen molar-refractivity contribution in [1.82, 2.24) is 4.68 Å². The molecule has 1 aromatic rings. The van der Waals surface area contributed by atoms with Gasteiger partial charge in [0.15, 0.2) is 0 Å². The first kappa shape index (κ1) is 8.01. The highest BCUT2D eigenvalue weighted by atomic mass is 16.5. The van der Waals surface area contributed by atoms with E-state index >= 15 is 0 Å². The summed E-state index contributed by atoms with van der Waals surface area (Å²) in [4.78, 5) is 0. The number of ether oxygens (including phenoxy) is 1. The second kappa shape index (κ2) is 3.93. The average molecular weight is 152 g/mol. The monoisotopic (exact) mass is 152 g/mol. The number of methoxy groups -OCH3 is 1. The van der Waals surface area contributed by atoms with E-state index in [1.165, 1.54) is 0 Å². The van der Waals surface area contributed by atoms with Gasteiger partial charge in [0.1, 0.15) is 0 Å². The van der Waals surface area contributed by atoms with Crippen LogP contribution in [0.5, 0.6) is 0 Å². The highest BCUT2D eigenvalue weighted by Gasteiger charge is 1.88. The molecule has 3 nitrogen and oxygen atoms in total. The van der Waals surface area contributed by atoms with Crippen molar-refractivity contribution in [2.24, 2.45) is 5.10 Å². The number of aromatic nitrogens is 1. The molecule has 0 aliphatic rings. The van der Waals surface area contributed by atoms with Gasteiger partial charge in [-0.25, -0.2) is 4.68 Å². The summed E-state index contributed by atoms with van der Waals surface area (Å²) in [5, 5.41) is 4.22. The minimum Gasteiger partial charge on any atom is -0.379 e. The molecule has 0 fully saturated rings. The Morgan fingerprint density at radius 1 is 1.45 bits per heavy atom. The number of hydrogen-bond acceptors (Lipinski definition) is 2. The van der Waals surface area contributed by atoms with E-state index in [4.69, 9.17) is 4.74 Å². The summed E-state index contributed by atoms with van der Waals surface area (Å²) in [6.45, 7) is 2.52. The molecular weight excluding hydrogens is 140 g/mol. The predicted molar refractivity (Wildman–Crippen MR) is 44.8 cm³/mol. The van der Waals surface area contributed by atoms with E-state index in [1.54, 1.807) is 11.8 Å². The van der Waals surface area contributed by atoms with Gasteiger partial charge >= 0.3 is 0 Å². The zero-order chi connectivity index (χ0) is 8.10. The van der Waals surface area contributed by atoms with Gasteiger partial charge in [0.25, 0.3) is 0 Å². The third-order valence-corrected chi connectivity index (χ3v) is 1.23. The summed E-state index contributed by atoms with van der Waals surface area (Å²) in [5.74, 6) is 0. The van der Waals surface area contributed by atoms with Crippen LogP contribution in [0.2, 0.25) is 0 Å². The molecule has 1 aromatic heterocycles. The Morgan fingerprint density at radius 3 is 2.64 bits per heavy atom. The Balaban J connectivity index is 2.58. The maximum absolute atomic E-state index is 4.91. The molecule has 60 valence electrons. The van der Waals surface area contributed by atoms with Gasteiger partial charge in [0, 0.05) is 19.5 Å². The van der Waals surface area contributed by atoms with Gasteiger partial charge in [0.05, 0.1) is 12.3 Å². The van der Waals surface area contributed by atoms with Gasteiger partial charge in [-0.05, 0) is 19.1 Å². The lowest BCUT2D eigenvalue weighted by Gasteiger charge is -1.97. The molecule has 11 heavy (non-hydrogen) atoms. The topological polar surface area (TPSA) is 26.5 Å². The maximum Gasteiger partial charge on any atom is 0.0859 e. The fraction of sp³-hybridized carbons (Fsp3) is 0.375. The first-order valence-corrected chi connectivity index (χ1v) is 3.49. The molecule has 0 radical (unpaired) electrons. The molecule has 0 aliphatic heterocycles. The quantitative estimate of drug-likeness (QED) is 0.600. The molecule has 0 amide bonds. The molecule has 1 rings (SSSR count). The average Bonchev–Trinajstić information content (AvgIpc) is 2.40. The lowest BCUT2D eigenvalue weighted by atomic mass is 10.5. The van der Waals surface area contributed by atoms with Crippen molar-refractivity contribution in [3.8, 4) is 0 Å². The summed E-state index contributed by atoms with van der Waals surface area (Å²) in [7, 11) is 1.66. The second-order valence-electron chi connectivity index (χ2n) is 2.33. The third-order valence-electron chi connectivity index (χ3n) is 1.23. The summed E-state index contributed by atoms with van der Waals surface area (Å²) in [6.07, 6.45) is 3.78. The molecule has 0 N–H and O–H groups in total. The summed E-state index contributed by atoms with van der Waals surface area (Å²) in [6, 6.07) is 3.87. The van der Waals surface area contributed by atoms with E-state index in [2.05, 4.69) is 5.10 Å². The van der Waals surface area contributed by atoms with E-state index in [0.717, 1.165) is 5.71 Å². The molecule has 0 saturated heterocycles. The first-order valence-electron chi connectivity index (χ1n) is 3.49. The molecule has 0 atom stereocenters. The number of hydrogen-bond donors (Lipinski definition) is 0. The van der Waals surface area contributed by atoms with Gasteiger partial charge < -0.3 is 4.74 Å². The number of nitrogens with zero attached hydrogens (tertiary/aromatic N) is 2. The van der Waals surface area contributed by atoms with Crippen LogP contribution in [0.1, 0.15) is 6.92 Å². The fourth-order valence-corrected chi connectivity index (χ4v) is 0.827. The minimum absolute atomic E-state index is 0.582. The van der Waals surface area contributed by atoms with Crippen LogP contribution in [0.25, 0.3) is 0 Å². The Bertz CT molecular complexity index is 226. The predicted octanol–water partition coefficient (Wildman–Crippen LogP) is 1.36. The maximum atomic E-state index is 4.91. The van der Waals surface area contributed by atoms with Crippen molar-refractivity contribution in [3.63, 3.8) is 0 Å². The summed E-state index contributed by atoms with van der Waals surface area (Å²) >= 11 is 0. The van der Waals surface area contributed by atoms with E-state index in [-0.39, 0.29) is 0 Å². The normalized spacial score (nSPS) is 12.0. The van der Waals surface area contributed by atoms with E-state index in [0.29, 0.717) is 6.61 Å². The lowest BCUT2D eigenvalue weighted by Crippen LogP contribution is -2.03. The molecule has 1 heterocycles. The third kappa shape index (κ3) is 2.55. The van der Waals surface area contributed by atoms with Crippen molar-refractivity contribution in [2.45, 2.75) is 6.92 Å². The first-order chi connectivity index (χ1) is 5.33.